The van der Waals surface area contributed by atoms with Crippen molar-refractivity contribution in [3.05, 3.63) is 35.5 Å². The van der Waals surface area contributed by atoms with Crippen LogP contribution in [0.5, 0.6) is 0 Å². The number of nitrogens with zero attached hydrogens (tertiary/aromatic N) is 5. The van der Waals surface area contributed by atoms with Crippen molar-refractivity contribution in [1.82, 2.24) is 19.7 Å². The average molecular weight is 206 g/mol. The molecule has 0 unspecified atom stereocenters. The Bertz CT molecular complexity index is 485. The van der Waals surface area contributed by atoms with Gasteiger partial charge in [0.05, 0.1) is 11.6 Å². The fraction of sp³-hybridized carbons (Fsp3) is 0. The maximum Gasteiger partial charge on any atom is 0.158 e. The topological polar surface area (TPSA) is 67.4 Å². The Morgan fingerprint density at radius 1 is 1.43 bits per heavy atom. The van der Waals surface area contributed by atoms with Gasteiger partial charge < -0.3 is 0 Å². The Morgan fingerprint density at radius 3 is 2.93 bits per heavy atom. The van der Waals surface area contributed by atoms with Crippen molar-refractivity contribution in [3.63, 3.8) is 0 Å². The summed E-state index contributed by atoms with van der Waals surface area (Å²) in [5, 5.41) is 12.8. The first-order chi connectivity index (χ1) is 6.79. The van der Waals surface area contributed by atoms with E-state index in [-0.39, 0.29) is 5.15 Å². The molecule has 0 aliphatic carbocycles. The van der Waals surface area contributed by atoms with Crippen LogP contribution in [0.25, 0.3) is 5.82 Å². The fourth-order valence-corrected chi connectivity index (χ4v) is 1.20. The molecule has 0 N–H and O–H groups in total. The Hall–Kier alpha value is -1.93. The van der Waals surface area contributed by atoms with Gasteiger partial charge in [-0.3, -0.25) is 0 Å². The summed E-state index contributed by atoms with van der Waals surface area (Å²) < 4.78 is 1.44. The summed E-state index contributed by atoms with van der Waals surface area (Å²) in [6.07, 6.45) is 2.87. The van der Waals surface area contributed by atoms with Crippen LogP contribution >= 0.6 is 11.6 Å². The summed E-state index contributed by atoms with van der Waals surface area (Å²) in [5.74, 6) is 0.478. The average Bonchev–Trinajstić information content (AvgIpc) is 2.69. The van der Waals surface area contributed by atoms with E-state index in [0.29, 0.717) is 11.4 Å². The number of nitriles is 1. The third kappa shape index (κ3) is 1.56. The lowest BCUT2D eigenvalue weighted by Crippen LogP contribution is -1.98. The molecule has 2 aromatic rings. The van der Waals surface area contributed by atoms with Gasteiger partial charge in [-0.2, -0.15) is 10.4 Å². The molecule has 0 atom stereocenters. The molecule has 0 saturated heterocycles. The number of aromatic nitrogens is 4. The standard InChI is InChI=1S/C8H4ClN5/c9-7-1-6(3-10)2-8(13-7)14-5-11-4-12-14/h1-2,4-5H. The van der Waals surface area contributed by atoms with E-state index in [2.05, 4.69) is 15.1 Å². The van der Waals surface area contributed by atoms with Crippen molar-refractivity contribution in [2.24, 2.45) is 0 Å². The van der Waals surface area contributed by atoms with Gasteiger partial charge in [0.25, 0.3) is 0 Å². The minimum absolute atomic E-state index is 0.259. The zero-order valence-electron chi connectivity index (χ0n) is 6.92. The smallest absolute Gasteiger partial charge is 0.158 e. The minimum atomic E-state index is 0.259. The van der Waals surface area contributed by atoms with Crippen LogP contribution in [-0.4, -0.2) is 19.7 Å². The minimum Gasteiger partial charge on any atom is -0.223 e. The van der Waals surface area contributed by atoms with E-state index in [1.54, 1.807) is 6.07 Å². The van der Waals surface area contributed by atoms with E-state index in [1.807, 2.05) is 6.07 Å². The maximum atomic E-state index is 8.70. The van der Waals surface area contributed by atoms with Crippen LogP contribution in [0.15, 0.2) is 24.8 Å². The maximum absolute atomic E-state index is 8.70. The molecule has 6 heteroatoms. The first-order valence-electron chi connectivity index (χ1n) is 3.72. The Kier molecular flexibility index (Phi) is 2.13. The largest absolute Gasteiger partial charge is 0.223 e. The molecule has 0 amide bonds. The van der Waals surface area contributed by atoms with E-state index in [9.17, 15) is 0 Å². The lowest BCUT2D eigenvalue weighted by Gasteiger charge is -1.99. The molecule has 0 aliphatic heterocycles. The van der Waals surface area contributed by atoms with Gasteiger partial charge in [0.2, 0.25) is 0 Å². The molecule has 0 saturated carbocycles. The molecule has 0 bridgehead atoms. The molecule has 2 rings (SSSR count). The SMILES string of the molecule is N#Cc1cc(Cl)nc(-n2cncn2)c1. The third-order valence-corrected chi connectivity index (χ3v) is 1.76. The fourth-order valence-electron chi connectivity index (χ4n) is 0.991. The van der Waals surface area contributed by atoms with Crippen molar-refractivity contribution in [2.45, 2.75) is 0 Å². The van der Waals surface area contributed by atoms with Gasteiger partial charge in [-0.25, -0.2) is 14.6 Å². The molecule has 2 heterocycles. The lowest BCUT2D eigenvalue weighted by molar-refractivity contribution is 0.845. The van der Waals surface area contributed by atoms with Crippen molar-refractivity contribution in [1.29, 1.82) is 5.26 Å². The van der Waals surface area contributed by atoms with Gasteiger partial charge >= 0.3 is 0 Å². The molecule has 0 spiro atoms. The summed E-state index contributed by atoms with van der Waals surface area (Å²) in [6.45, 7) is 0. The molecular weight excluding hydrogens is 202 g/mol. The Balaban J connectivity index is 2.55. The van der Waals surface area contributed by atoms with Gasteiger partial charge in [-0.15, -0.1) is 0 Å². The molecule has 0 radical (unpaired) electrons. The van der Waals surface area contributed by atoms with Gasteiger partial charge in [-0.05, 0) is 6.07 Å². The summed E-state index contributed by atoms with van der Waals surface area (Å²) in [7, 11) is 0. The molecule has 14 heavy (non-hydrogen) atoms. The molecule has 0 aromatic carbocycles. The Morgan fingerprint density at radius 2 is 2.29 bits per heavy atom. The summed E-state index contributed by atoms with van der Waals surface area (Å²) in [4.78, 5) is 7.77. The molecule has 0 fully saturated rings. The highest BCUT2D eigenvalue weighted by atomic mass is 35.5. The number of pyridine rings is 1. The number of rotatable bonds is 1. The second kappa shape index (κ2) is 3.44. The quantitative estimate of drug-likeness (QED) is 0.656. The molecule has 0 aliphatic rings. The van der Waals surface area contributed by atoms with E-state index < -0.39 is 0 Å². The highest BCUT2D eigenvalue weighted by molar-refractivity contribution is 6.29. The van der Waals surface area contributed by atoms with Crippen LogP contribution < -0.4 is 0 Å². The van der Waals surface area contributed by atoms with Crippen molar-refractivity contribution in [3.8, 4) is 11.9 Å². The van der Waals surface area contributed by atoms with Crippen LogP contribution in [-0.2, 0) is 0 Å². The van der Waals surface area contributed by atoms with E-state index in [4.69, 9.17) is 16.9 Å². The number of hydrogen-bond donors (Lipinski definition) is 0. The van der Waals surface area contributed by atoms with Crippen LogP contribution in [0.3, 0.4) is 0 Å². The molecule has 68 valence electrons. The molecule has 5 nitrogen and oxygen atoms in total. The van der Waals surface area contributed by atoms with Crippen LogP contribution in [0.1, 0.15) is 5.56 Å². The van der Waals surface area contributed by atoms with Gasteiger partial charge in [0, 0.05) is 6.07 Å². The summed E-state index contributed by atoms with van der Waals surface area (Å²) in [5.41, 5.74) is 0.440. The molecular formula is C8H4ClN5. The molecule has 2 aromatic heterocycles. The highest BCUT2D eigenvalue weighted by Crippen LogP contribution is 2.12. The van der Waals surface area contributed by atoms with Crippen molar-refractivity contribution in [2.75, 3.05) is 0 Å². The normalized spacial score (nSPS) is 9.71. The highest BCUT2D eigenvalue weighted by Gasteiger charge is 2.02. The van der Waals surface area contributed by atoms with E-state index in [0.717, 1.165) is 0 Å². The van der Waals surface area contributed by atoms with E-state index in [1.165, 1.54) is 23.4 Å². The first kappa shape index (κ1) is 8.66. The van der Waals surface area contributed by atoms with Gasteiger partial charge in [0.1, 0.15) is 17.8 Å². The van der Waals surface area contributed by atoms with Crippen LogP contribution in [0.2, 0.25) is 5.15 Å². The number of hydrogen-bond acceptors (Lipinski definition) is 4. The van der Waals surface area contributed by atoms with Crippen molar-refractivity contribution < 1.29 is 0 Å². The van der Waals surface area contributed by atoms with Crippen molar-refractivity contribution >= 4 is 11.6 Å². The monoisotopic (exact) mass is 205 g/mol. The zero-order chi connectivity index (χ0) is 9.97. The predicted octanol–water partition coefficient (Wildman–Crippen LogP) is 1.19. The lowest BCUT2D eigenvalue weighted by atomic mass is 10.3. The summed E-state index contributed by atoms with van der Waals surface area (Å²) >= 11 is 5.72. The van der Waals surface area contributed by atoms with Crippen LogP contribution in [0, 0.1) is 11.3 Å². The van der Waals surface area contributed by atoms with Crippen LogP contribution in [0.4, 0.5) is 0 Å². The third-order valence-electron chi connectivity index (χ3n) is 1.56. The second-order valence-corrected chi connectivity index (χ2v) is 2.88. The zero-order valence-corrected chi connectivity index (χ0v) is 7.68. The van der Waals surface area contributed by atoms with Gasteiger partial charge in [-0.1, -0.05) is 11.6 Å². The first-order valence-corrected chi connectivity index (χ1v) is 4.10. The van der Waals surface area contributed by atoms with Gasteiger partial charge in [0.15, 0.2) is 5.82 Å². The predicted molar refractivity (Wildman–Crippen MR) is 48.9 cm³/mol. The Labute approximate surface area is 84.6 Å². The second-order valence-electron chi connectivity index (χ2n) is 2.49. The number of halogens is 1. The van der Waals surface area contributed by atoms with E-state index >= 15 is 0 Å². The summed E-state index contributed by atoms with van der Waals surface area (Å²) in [6, 6.07) is 5.06.